The van der Waals surface area contributed by atoms with E-state index in [0.29, 0.717) is 36.0 Å². The van der Waals surface area contributed by atoms with Crippen molar-refractivity contribution in [1.82, 2.24) is 4.98 Å². The number of aromatic nitrogens is 1. The summed E-state index contributed by atoms with van der Waals surface area (Å²) in [5, 5.41) is 6.00. The van der Waals surface area contributed by atoms with Gasteiger partial charge in [0, 0.05) is 23.5 Å². The van der Waals surface area contributed by atoms with Crippen molar-refractivity contribution >= 4 is 17.4 Å². The minimum atomic E-state index is -0.224. The highest BCUT2D eigenvalue weighted by Crippen LogP contribution is 2.18. The maximum atomic E-state index is 12.5. The Kier molecular flexibility index (Phi) is 6.89. The molecule has 0 fully saturated rings. The second-order valence-electron chi connectivity index (χ2n) is 6.07. The molecule has 7 heteroatoms. The third kappa shape index (κ3) is 5.87. The molecule has 29 heavy (non-hydrogen) atoms. The van der Waals surface area contributed by atoms with Crippen molar-refractivity contribution in [2.75, 3.05) is 38.0 Å². The zero-order valence-electron chi connectivity index (χ0n) is 16.3. The molecule has 2 N–H and O–H groups in total. The number of nitrogens with one attached hydrogen (secondary N) is 2. The highest BCUT2D eigenvalue weighted by molar-refractivity contribution is 6.04. The predicted octanol–water partition coefficient (Wildman–Crippen LogP) is 3.84. The molecule has 150 valence electrons. The predicted molar refractivity (Wildman–Crippen MR) is 112 cm³/mol. The van der Waals surface area contributed by atoms with Crippen LogP contribution in [-0.4, -0.2) is 38.3 Å². The van der Waals surface area contributed by atoms with Crippen LogP contribution in [0, 0.1) is 0 Å². The maximum Gasteiger partial charge on any atom is 0.255 e. The maximum absolute atomic E-state index is 12.5. The smallest absolute Gasteiger partial charge is 0.255 e. The largest absolute Gasteiger partial charge is 0.497 e. The molecule has 0 unspecified atom stereocenters. The van der Waals surface area contributed by atoms with E-state index in [1.807, 2.05) is 36.4 Å². The van der Waals surface area contributed by atoms with Gasteiger partial charge in [0.25, 0.3) is 5.91 Å². The van der Waals surface area contributed by atoms with Gasteiger partial charge in [-0.1, -0.05) is 6.07 Å². The minimum absolute atomic E-state index is 0.224. The van der Waals surface area contributed by atoms with Gasteiger partial charge in [0.05, 0.1) is 20.8 Å². The van der Waals surface area contributed by atoms with E-state index in [1.54, 1.807) is 44.7 Å². The van der Waals surface area contributed by atoms with Gasteiger partial charge >= 0.3 is 0 Å². The molecular formula is C22H23N3O4. The molecule has 0 radical (unpaired) electrons. The summed E-state index contributed by atoms with van der Waals surface area (Å²) in [5.74, 6) is 2.59. The quantitative estimate of drug-likeness (QED) is 0.538. The number of nitrogens with zero attached hydrogens (tertiary/aromatic N) is 1. The van der Waals surface area contributed by atoms with Crippen LogP contribution >= 0.6 is 0 Å². The summed E-state index contributed by atoms with van der Waals surface area (Å²) in [4.78, 5) is 16.7. The van der Waals surface area contributed by atoms with Gasteiger partial charge < -0.3 is 24.8 Å². The van der Waals surface area contributed by atoms with E-state index in [-0.39, 0.29) is 5.91 Å². The number of methoxy groups -OCH3 is 2. The second-order valence-corrected chi connectivity index (χ2v) is 6.07. The summed E-state index contributed by atoms with van der Waals surface area (Å²) in [6.45, 7) is 0.994. The molecule has 0 aliphatic heterocycles. The number of benzene rings is 2. The summed E-state index contributed by atoms with van der Waals surface area (Å²) >= 11 is 0. The summed E-state index contributed by atoms with van der Waals surface area (Å²) in [6, 6.07) is 17.9. The van der Waals surface area contributed by atoms with E-state index < -0.39 is 0 Å². The van der Waals surface area contributed by atoms with Gasteiger partial charge in [-0.05, 0) is 48.5 Å². The van der Waals surface area contributed by atoms with Crippen molar-refractivity contribution in [2.24, 2.45) is 0 Å². The number of carbonyl (C=O) groups is 1. The number of anilines is 2. The molecule has 2 aromatic carbocycles. The van der Waals surface area contributed by atoms with E-state index >= 15 is 0 Å². The molecule has 0 atom stereocenters. The Hall–Kier alpha value is -3.74. The van der Waals surface area contributed by atoms with Crippen LogP contribution in [0.3, 0.4) is 0 Å². The molecule has 3 aromatic rings. The lowest BCUT2D eigenvalue weighted by atomic mass is 10.2. The first-order valence-corrected chi connectivity index (χ1v) is 9.10. The van der Waals surface area contributed by atoms with E-state index in [2.05, 4.69) is 15.6 Å². The summed E-state index contributed by atoms with van der Waals surface area (Å²) in [7, 11) is 3.21. The highest BCUT2D eigenvalue weighted by Gasteiger charge is 2.08. The van der Waals surface area contributed by atoms with Gasteiger partial charge in [-0.2, -0.15) is 0 Å². The number of pyridine rings is 1. The standard InChI is InChI=1S/C22H23N3O4/c1-27-18-6-8-19(9-7-18)29-13-12-24-21-14-16(10-11-23-21)22(26)25-17-4-3-5-20(15-17)28-2/h3-11,14-15H,12-13H2,1-2H3,(H,23,24)(H,25,26). The number of hydrogen-bond donors (Lipinski definition) is 2. The Morgan fingerprint density at radius 1 is 0.931 bits per heavy atom. The lowest BCUT2D eigenvalue weighted by Crippen LogP contribution is -2.15. The SMILES string of the molecule is COc1ccc(OCCNc2cc(C(=O)Nc3cccc(OC)c3)ccn2)cc1. The molecular weight excluding hydrogens is 370 g/mol. The third-order valence-electron chi connectivity index (χ3n) is 4.09. The number of ether oxygens (including phenoxy) is 3. The van der Waals surface area contributed by atoms with Gasteiger partial charge in [-0.3, -0.25) is 4.79 Å². The van der Waals surface area contributed by atoms with Crippen molar-refractivity contribution < 1.29 is 19.0 Å². The van der Waals surface area contributed by atoms with Crippen molar-refractivity contribution in [2.45, 2.75) is 0 Å². The van der Waals surface area contributed by atoms with E-state index in [1.165, 1.54) is 0 Å². The third-order valence-corrected chi connectivity index (χ3v) is 4.09. The Balaban J connectivity index is 1.51. The Labute approximate surface area is 169 Å². The van der Waals surface area contributed by atoms with Crippen LogP contribution in [0.2, 0.25) is 0 Å². The van der Waals surface area contributed by atoms with Crippen LogP contribution in [0.15, 0.2) is 66.9 Å². The first-order chi connectivity index (χ1) is 14.2. The fraction of sp³-hybridized carbons (Fsp3) is 0.182. The molecule has 1 heterocycles. The van der Waals surface area contributed by atoms with E-state index in [9.17, 15) is 4.79 Å². The van der Waals surface area contributed by atoms with Gasteiger partial charge in [0.1, 0.15) is 29.7 Å². The van der Waals surface area contributed by atoms with Gasteiger partial charge in [-0.15, -0.1) is 0 Å². The lowest BCUT2D eigenvalue weighted by molar-refractivity contribution is 0.102. The number of hydrogen-bond acceptors (Lipinski definition) is 6. The van der Waals surface area contributed by atoms with Crippen molar-refractivity contribution in [3.05, 3.63) is 72.4 Å². The Bertz CT molecular complexity index is 945. The first-order valence-electron chi connectivity index (χ1n) is 9.10. The number of carbonyl (C=O) groups excluding carboxylic acids is 1. The fourth-order valence-corrected chi connectivity index (χ4v) is 2.59. The monoisotopic (exact) mass is 393 g/mol. The van der Waals surface area contributed by atoms with Crippen LogP contribution in [0.4, 0.5) is 11.5 Å². The molecule has 1 amide bonds. The topological polar surface area (TPSA) is 81.7 Å². The van der Waals surface area contributed by atoms with Crippen molar-refractivity contribution in [3.8, 4) is 17.2 Å². The minimum Gasteiger partial charge on any atom is -0.497 e. The molecule has 7 nitrogen and oxygen atoms in total. The first kappa shape index (κ1) is 20.0. The molecule has 0 aliphatic carbocycles. The molecule has 0 aliphatic rings. The van der Waals surface area contributed by atoms with Crippen LogP contribution in [-0.2, 0) is 0 Å². The van der Waals surface area contributed by atoms with Crippen molar-refractivity contribution in [1.29, 1.82) is 0 Å². The molecule has 0 saturated heterocycles. The fourth-order valence-electron chi connectivity index (χ4n) is 2.59. The van der Waals surface area contributed by atoms with Gasteiger partial charge in [-0.25, -0.2) is 4.98 Å². The number of rotatable bonds is 9. The Morgan fingerprint density at radius 3 is 2.45 bits per heavy atom. The van der Waals surface area contributed by atoms with Crippen LogP contribution < -0.4 is 24.8 Å². The van der Waals surface area contributed by atoms with E-state index in [0.717, 1.165) is 11.5 Å². The highest BCUT2D eigenvalue weighted by atomic mass is 16.5. The number of amides is 1. The normalized spacial score (nSPS) is 10.1. The molecule has 0 saturated carbocycles. The summed E-state index contributed by atoms with van der Waals surface area (Å²) < 4.78 is 16.0. The second kappa shape index (κ2) is 9.98. The summed E-state index contributed by atoms with van der Waals surface area (Å²) in [6.07, 6.45) is 1.59. The molecule has 3 rings (SSSR count). The molecule has 0 spiro atoms. The van der Waals surface area contributed by atoms with Crippen LogP contribution in [0.5, 0.6) is 17.2 Å². The van der Waals surface area contributed by atoms with Crippen LogP contribution in [0.25, 0.3) is 0 Å². The molecule has 1 aromatic heterocycles. The van der Waals surface area contributed by atoms with Crippen molar-refractivity contribution in [3.63, 3.8) is 0 Å². The molecule has 0 bridgehead atoms. The van der Waals surface area contributed by atoms with E-state index in [4.69, 9.17) is 14.2 Å². The zero-order chi connectivity index (χ0) is 20.5. The van der Waals surface area contributed by atoms with Gasteiger partial charge in [0.15, 0.2) is 0 Å². The zero-order valence-corrected chi connectivity index (χ0v) is 16.3. The van der Waals surface area contributed by atoms with Gasteiger partial charge in [0.2, 0.25) is 0 Å². The average molecular weight is 393 g/mol. The summed E-state index contributed by atoms with van der Waals surface area (Å²) in [5.41, 5.74) is 1.16. The average Bonchev–Trinajstić information content (AvgIpc) is 2.77. The Morgan fingerprint density at radius 2 is 1.69 bits per heavy atom. The lowest BCUT2D eigenvalue weighted by Gasteiger charge is -2.10. The van der Waals surface area contributed by atoms with Crippen LogP contribution in [0.1, 0.15) is 10.4 Å².